The van der Waals surface area contributed by atoms with Crippen LogP contribution in [0.2, 0.25) is 0 Å². The number of aromatic nitrogens is 2. The second-order valence-corrected chi connectivity index (χ2v) is 8.81. The molecule has 0 saturated carbocycles. The molecule has 0 saturated heterocycles. The number of fused-ring (bicyclic) bond motifs is 1. The van der Waals surface area contributed by atoms with Gasteiger partial charge < -0.3 is 5.32 Å². The van der Waals surface area contributed by atoms with Crippen molar-refractivity contribution in [1.29, 1.82) is 0 Å². The van der Waals surface area contributed by atoms with Gasteiger partial charge in [-0.15, -0.1) is 0 Å². The summed E-state index contributed by atoms with van der Waals surface area (Å²) in [4.78, 5) is 25.4. The molecule has 0 atom stereocenters. The lowest BCUT2D eigenvalue weighted by atomic mass is 10.1. The summed E-state index contributed by atoms with van der Waals surface area (Å²) < 4.78 is 26.9. The standard InChI is InChI=1S/C21H24N4O4S/c1-3-12-25-21(27)18-7-5-4-6-17(18)19(24-25)20(26)23-13-15-8-10-16(11-9-15)14-30(28,29)22-2/h4-11,22H,3,12-14H2,1-2H3,(H,23,26). The third-order valence-corrected chi connectivity index (χ3v) is 6.00. The maximum absolute atomic E-state index is 12.8. The Morgan fingerprint density at radius 2 is 1.67 bits per heavy atom. The van der Waals surface area contributed by atoms with E-state index in [1.807, 2.05) is 6.92 Å². The van der Waals surface area contributed by atoms with Crippen molar-refractivity contribution in [2.75, 3.05) is 7.05 Å². The molecule has 3 aromatic rings. The van der Waals surface area contributed by atoms with Crippen LogP contribution in [0.3, 0.4) is 0 Å². The molecule has 1 aromatic heterocycles. The molecule has 0 aliphatic carbocycles. The van der Waals surface area contributed by atoms with E-state index in [1.54, 1.807) is 48.5 Å². The zero-order chi connectivity index (χ0) is 21.7. The van der Waals surface area contributed by atoms with Crippen LogP contribution in [0.4, 0.5) is 0 Å². The Morgan fingerprint density at radius 1 is 1.03 bits per heavy atom. The summed E-state index contributed by atoms with van der Waals surface area (Å²) in [5.41, 5.74) is 1.46. The van der Waals surface area contributed by atoms with Crippen LogP contribution in [0.5, 0.6) is 0 Å². The van der Waals surface area contributed by atoms with Gasteiger partial charge in [0.2, 0.25) is 10.0 Å². The highest BCUT2D eigenvalue weighted by molar-refractivity contribution is 7.88. The Bertz CT molecular complexity index is 1220. The fourth-order valence-corrected chi connectivity index (χ4v) is 3.85. The molecule has 0 radical (unpaired) electrons. The largest absolute Gasteiger partial charge is 0.347 e. The number of carbonyl (C=O) groups excluding carboxylic acids is 1. The van der Waals surface area contributed by atoms with Gasteiger partial charge in [-0.2, -0.15) is 5.10 Å². The highest BCUT2D eigenvalue weighted by Gasteiger charge is 2.16. The van der Waals surface area contributed by atoms with E-state index < -0.39 is 10.0 Å². The van der Waals surface area contributed by atoms with Crippen LogP contribution in [0, 0.1) is 0 Å². The minimum absolute atomic E-state index is 0.106. The molecule has 0 aliphatic rings. The average Bonchev–Trinajstić information content (AvgIpc) is 2.75. The minimum atomic E-state index is -3.34. The van der Waals surface area contributed by atoms with Crippen LogP contribution in [0.25, 0.3) is 10.8 Å². The third kappa shape index (κ3) is 4.92. The molecule has 0 unspecified atom stereocenters. The van der Waals surface area contributed by atoms with Gasteiger partial charge in [0.1, 0.15) is 0 Å². The Balaban J connectivity index is 1.79. The Labute approximate surface area is 175 Å². The van der Waals surface area contributed by atoms with E-state index in [-0.39, 0.29) is 29.5 Å². The van der Waals surface area contributed by atoms with Crippen LogP contribution in [-0.4, -0.2) is 31.2 Å². The van der Waals surface area contributed by atoms with Gasteiger partial charge in [-0.25, -0.2) is 17.8 Å². The van der Waals surface area contributed by atoms with Crippen molar-refractivity contribution in [3.8, 4) is 0 Å². The Kier molecular flexibility index (Phi) is 6.63. The van der Waals surface area contributed by atoms with Crippen molar-refractivity contribution in [2.45, 2.75) is 32.2 Å². The average molecular weight is 429 g/mol. The molecule has 30 heavy (non-hydrogen) atoms. The Hall–Kier alpha value is -3.04. The normalized spacial score (nSPS) is 11.5. The zero-order valence-electron chi connectivity index (χ0n) is 16.9. The number of benzene rings is 2. The number of hydrogen-bond acceptors (Lipinski definition) is 5. The highest BCUT2D eigenvalue weighted by atomic mass is 32.2. The van der Waals surface area contributed by atoms with E-state index in [1.165, 1.54) is 11.7 Å². The SMILES string of the molecule is CCCn1nc(C(=O)NCc2ccc(CS(=O)(=O)NC)cc2)c2ccccc2c1=O. The number of aryl methyl sites for hydroxylation is 1. The van der Waals surface area contributed by atoms with Crippen molar-refractivity contribution in [3.63, 3.8) is 0 Å². The van der Waals surface area contributed by atoms with Crippen LogP contribution in [0.1, 0.15) is 35.0 Å². The fraction of sp³-hybridized carbons (Fsp3) is 0.286. The van der Waals surface area contributed by atoms with E-state index >= 15 is 0 Å². The van der Waals surface area contributed by atoms with E-state index in [0.717, 1.165) is 12.0 Å². The number of amides is 1. The molecule has 9 heteroatoms. The molecule has 1 heterocycles. The second-order valence-electron chi connectivity index (χ2n) is 6.88. The molecular formula is C21H24N4O4S. The summed E-state index contributed by atoms with van der Waals surface area (Å²) in [5.74, 6) is -0.483. The van der Waals surface area contributed by atoms with Crippen LogP contribution in [-0.2, 0) is 28.9 Å². The first kappa shape index (κ1) is 21.7. The van der Waals surface area contributed by atoms with Gasteiger partial charge in [0, 0.05) is 18.5 Å². The van der Waals surface area contributed by atoms with Gasteiger partial charge in [-0.3, -0.25) is 9.59 Å². The minimum Gasteiger partial charge on any atom is -0.347 e. The van der Waals surface area contributed by atoms with E-state index in [2.05, 4.69) is 15.1 Å². The van der Waals surface area contributed by atoms with Crippen LogP contribution >= 0.6 is 0 Å². The number of rotatable bonds is 8. The lowest BCUT2D eigenvalue weighted by molar-refractivity contribution is 0.0945. The summed E-state index contributed by atoms with van der Waals surface area (Å²) in [6, 6.07) is 13.9. The van der Waals surface area contributed by atoms with Gasteiger partial charge in [-0.05, 0) is 30.7 Å². The molecule has 2 aromatic carbocycles. The summed E-state index contributed by atoms with van der Waals surface area (Å²) in [6.45, 7) is 2.62. The third-order valence-electron chi connectivity index (χ3n) is 4.66. The lowest BCUT2D eigenvalue weighted by Gasteiger charge is -2.11. The van der Waals surface area contributed by atoms with Gasteiger partial charge in [-0.1, -0.05) is 49.4 Å². The van der Waals surface area contributed by atoms with Crippen molar-refractivity contribution in [1.82, 2.24) is 19.8 Å². The first-order valence-electron chi connectivity index (χ1n) is 9.61. The van der Waals surface area contributed by atoms with Crippen molar-refractivity contribution < 1.29 is 13.2 Å². The number of hydrogen-bond donors (Lipinski definition) is 2. The van der Waals surface area contributed by atoms with Crippen molar-refractivity contribution in [2.24, 2.45) is 0 Å². The molecular weight excluding hydrogens is 404 g/mol. The number of carbonyl (C=O) groups is 1. The fourth-order valence-electron chi connectivity index (χ4n) is 3.08. The van der Waals surface area contributed by atoms with Crippen molar-refractivity contribution in [3.05, 3.63) is 75.7 Å². The first-order valence-corrected chi connectivity index (χ1v) is 11.3. The molecule has 0 fully saturated rings. The summed E-state index contributed by atoms with van der Waals surface area (Å²) in [5, 5.41) is 8.09. The van der Waals surface area contributed by atoms with Crippen molar-refractivity contribution >= 4 is 26.7 Å². The second kappa shape index (κ2) is 9.19. The molecule has 0 bridgehead atoms. The lowest BCUT2D eigenvalue weighted by Crippen LogP contribution is -2.30. The highest BCUT2D eigenvalue weighted by Crippen LogP contribution is 2.14. The molecule has 1 amide bonds. The van der Waals surface area contributed by atoms with Gasteiger partial charge in [0.25, 0.3) is 11.5 Å². The maximum atomic E-state index is 12.8. The molecule has 8 nitrogen and oxygen atoms in total. The smallest absolute Gasteiger partial charge is 0.274 e. The zero-order valence-corrected chi connectivity index (χ0v) is 17.7. The maximum Gasteiger partial charge on any atom is 0.274 e. The molecule has 0 spiro atoms. The molecule has 2 N–H and O–H groups in total. The van der Waals surface area contributed by atoms with Gasteiger partial charge in [0.15, 0.2) is 5.69 Å². The molecule has 158 valence electrons. The van der Waals surface area contributed by atoms with Crippen LogP contribution in [0.15, 0.2) is 53.3 Å². The summed E-state index contributed by atoms with van der Waals surface area (Å²) in [7, 11) is -1.96. The number of nitrogens with zero attached hydrogens (tertiary/aromatic N) is 2. The number of nitrogens with one attached hydrogen (secondary N) is 2. The predicted octanol–water partition coefficient (Wildman–Crippen LogP) is 1.79. The predicted molar refractivity (Wildman–Crippen MR) is 116 cm³/mol. The topological polar surface area (TPSA) is 110 Å². The summed E-state index contributed by atoms with van der Waals surface area (Å²) in [6.07, 6.45) is 0.724. The summed E-state index contributed by atoms with van der Waals surface area (Å²) >= 11 is 0. The quantitative estimate of drug-likeness (QED) is 0.568. The van der Waals surface area contributed by atoms with Gasteiger partial charge in [0.05, 0.1) is 11.1 Å². The van der Waals surface area contributed by atoms with Gasteiger partial charge >= 0.3 is 0 Å². The van der Waals surface area contributed by atoms with E-state index in [9.17, 15) is 18.0 Å². The Morgan fingerprint density at radius 3 is 2.30 bits per heavy atom. The van der Waals surface area contributed by atoms with E-state index in [0.29, 0.717) is 22.9 Å². The number of sulfonamides is 1. The monoisotopic (exact) mass is 428 g/mol. The first-order chi connectivity index (χ1) is 14.3. The van der Waals surface area contributed by atoms with Crippen LogP contribution < -0.4 is 15.6 Å². The molecule has 3 rings (SSSR count). The van der Waals surface area contributed by atoms with E-state index in [4.69, 9.17) is 0 Å². The molecule has 0 aliphatic heterocycles.